The molecule has 0 bridgehead atoms. The molecule has 0 aromatic carbocycles. The van der Waals surface area contributed by atoms with Crippen molar-refractivity contribution in [2.75, 3.05) is 0 Å². The fourth-order valence-corrected chi connectivity index (χ4v) is 3.73. The minimum atomic E-state index is -0.581. The van der Waals surface area contributed by atoms with Crippen molar-refractivity contribution in [3.63, 3.8) is 0 Å². The van der Waals surface area contributed by atoms with Gasteiger partial charge in [0.2, 0.25) is 5.91 Å². The van der Waals surface area contributed by atoms with Crippen LogP contribution >= 0.6 is 0 Å². The summed E-state index contributed by atoms with van der Waals surface area (Å²) < 4.78 is 0. The first-order valence-electron chi connectivity index (χ1n) is 9.36. The fourth-order valence-electron chi connectivity index (χ4n) is 3.73. The molecule has 0 spiro atoms. The second-order valence-electron chi connectivity index (χ2n) is 7.50. The molecular weight excluding hydrogens is 316 g/mol. The second kappa shape index (κ2) is 8.28. The van der Waals surface area contributed by atoms with Gasteiger partial charge in [0.05, 0.1) is 6.07 Å². The van der Waals surface area contributed by atoms with Gasteiger partial charge in [0.15, 0.2) is 0 Å². The molecule has 0 radical (unpaired) electrons. The van der Waals surface area contributed by atoms with Gasteiger partial charge in [-0.3, -0.25) is 14.7 Å². The van der Waals surface area contributed by atoms with E-state index in [4.69, 9.17) is 0 Å². The summed E-state index contributed by atoms with van der Waals surface area (Å²) in [5, 5.41) is 19.2. The molecule has 2 aliphatic carbocycles. The zero-order valence-corrected chi connectivity index (χ0v) is 14.5. The van der Waals surface area contributed by atoms with E-state index >= 15 is 0 Å². The van der Waals surface area contributed by atoms with Gasteiger partial charge >= 0.3 is 0 Å². The second-order valence-corrected chi connectivity index (χ2v) is 7.50. The van der Waals surface area contributed by atoms with Crippen LogP contribution in [0.2, 0.25) is 0 Å². The van der Waals surface area contributed by atoms with Crippen LogP contribution in [0.5, 0.6) is 0 Å². The predicted molar refractivity (Wildman–Crippen MR) is 92.2 cm³/mol. The van der Waals surface area contributed by atoms with Gasteiger partial charge in [-0.1, -0.05) is 19.3 Å². The van der Waals surface area contributed by atoms with Crippen molar-refractivity contribution >= 4 is 11.7 Å². The molecule has 6 nitrogen and oxygen atoms in total. The van der Waals surface area contributed by atoms with Crippen LogP contribution in [-0.4, -0.2) is 27.9 Å². The number of rotatable bonds is 8. The lowest BCUT2D eigenvalue weighted by atomic mass is 9.83. The molecule has 0 aliphatic heterocycles. The van der Waals surface area contributed by atoms with Gasteiger partial charge in [0.1, 0.15) is 11.8 Å². The fraction of sp³-hybridized carbons (Fsp3) is 0.684. The quantitative estimate of drug-likeness (QED) is 0.758. The number of amides is 1. The monoisotopic (exact) mass is 342 g/mol. The van der Waals surface area contributed by atoms with E-state index in [1.54, 1.807) is 6.20 Å². The molecule has 1 aromatic heterocycles. The highest BCUT2D eigenvalue weighted by Gasteiger charge is 2.32. The molecule has 6 heteroatoms. The molecule has 0 unspecified atom stereocenters. The smallest absolute Gasteiger partial charge is 0.224 e. The summed E-state index contributed by atoms with van der Waals surface area (Å²) in [5.41, 5.74) is 0.941. The summed E-state index contributed by atoms with van der Waals surface area (Å²) in [6, 6.07) is 3.48. The number of aromatic amines is 1. The third kappa shape index (κ3) is 5.15. The van der Waals surface area contributed by atoms with Gasteiger partial charge in [-0.05, 0) is 37.7 Å². The zero-order chi connectivity index (χ0) is 17.6. The molecule has 2 saturated carbocycles. The van der Waals surface area contributed by atoms with Crippen LogP contribution in [0.25, 0.3) is 0 Å². The van der Waals surface area contributed by atoms with Crippen molar-refractivity contribution in [1.29, 1.82) is 5.26 Å². The SMILES string of the molecule is N#C[C@H](C[C@@H]1CCCCC1=O)NC(=O)[C@@H](Cc1ccn[nH]1)CC1CC1. The van der Waals surface area contributed by atoms with E-state index in [2.05, 4.69) is 21.6 Å². The number of hydrogen-bond donors (Lipinski definition) is 2. The molecule has 2 fully saturated rings. The van der Waals surface area contributed by atoms with Gasteiger partial charge in [-0.2, -0.15) is 10.4 Å². The predicted octanol–water partition coefficient (Wildman–Crippen LogP) is 2.53. The number of nitriles is 1. The Labute approximate surface area is 148 Å². The number of hydrogen-bond acceptors (Lipinski definition) is 4. The van der Waals surface area contributed by atoms with Crippen molar-refractivity contribution in [1.82, 2.24) is 15.5 Å². The molecular formula is C19H26N4O2. The van der Waals surface area contributed by atoms with Gasteiger partial charge in [0.25, 0.3) is 0 Å². The molecule has 1 amide bonds. The highest BCUT2D eigenvalue weighted by atomic mass is 16.2. The number of nitrogens with zero attached hydrogens (tertiary/aromatic N) is 2. The Bertz CT molecular complexity index is 630. The molecule has 1 aromatic rings. The summed E-state index contributed by atoms with van der Waals surface area (Å²) >= 11 is 0. The minimum Gasteiger partial charge on any atom is -0.340 e. The van der Waals surface area contributed by atoms with E-state index < -0.39 is 6.04 Å². The van der Waals surface area contributed by atoms with E-state index in [1.807, 2.05) is 6.07 Å². The highest BCUT2D eigenvalue weighted by Crippen LogP contribution is 2.36. The first-order chi connectivity index (χ1) is 12.2. The lowest BCUT2D eigenvalue weighted by Crippen LogP contribution is -2.41. The van der Waals surface area contributed by atoms with Crippen LogP contribution in [0.4, 0.5) is 0 Å². The number of carbonyl (C=O) groups is 2. The minimum absolute atomic E-state index is 0.0729. The summed E-state index contributed by atoms with van der Waals surface area (Å²) in [6.45, 7) is 0. The third-order valence-corrected chi connectivity index (χ3v) is 5.38. The maximum atomic E-state index is 12.7. The van der Waals surface area contributed by atoms with Gasteiger partial charge in [-0.25, -0.2) is 0 Å². The lowest BCUT2D eigenvalue weighted by Gasteiger charge is -2.24. The molecule has 2 aliphatic rings. The molecule has 25 heavy (non-hydrogen) atoms. The molecule has 1 heterocycles. The van der Waals surface area contributed by atoms with Crippen molar-refractivity contribution in [2.45, 2.75) is 63.8 Å². The molecule has 3 rings (SSSR count). The zero-order valence-electron chi connectivity index (χ0n) is 14.5. The number of carbonyl (C=O) groups excluding carboxylic acids is 2. The highest BCUT2D eigenvalue weighted by molar-refractivity contribution is 5.82. The molecule has 2 N–H and O–H groups in total. The summed E-state index contributed by atoms with van der Waals surface area (Å²) in [4.78, 5) is 24.7. The van der Waals surface area contributed by atoms with Gasteiger partial charge < -0.3 is 5.32 Å². The standard InChI is InChI=1S/C19H26N4O2/c20-12-17(10-14-3-1-2-4-18(14)24)22-19(25)15(9-13-5-6-13)11-16-7-8-21-23-16/h7-8,13-15,17H,1-6,9-11H2,(H,21,23)(H,22,25)/t14-,15+,17-/m0/s1. The Balaban J connectivity index is 1.57. The first kappa shape index (κ1) is 17.7. The number of ketones is 1. The van der Waals surface area contributed by atoms with Crippen molar-refractivity contribution < 1.29 is 9.59 Å². The van der Waals surface area contributed by atoms with Crippen LogP contribution in [0.3, 0.4) is 0 Å². The maximum Gasteiger partial charge on any atom is 0.224 e. The Morgan fingerprint density at radius 2 is 2.20 bits per heavy atom. The van der Waals surface area contributed by atoms with Gasteiger partial charge in [0, 0.05) is 36.6 Å². The topological polar surface area (TPSA) is 98.6 Å². The van der Waals surface area contributed by atoms with Crippen LogP contribution in [0.1, 0.15) is 57.1 Å². The Morgan fingerprint density at radius 3 is 2.84 bits per heavy atom. The molecule has 3 atom stereocenters. The molecule has 134 valence electrons. The van der Waals surface area contributed by atoms with Crippen molar-refractivity contribution in [2.24, 2.45) is 17.8 Å². The third-order valence-electron chi connectivity index (χ3n) is 5.38. The van der Waals surface area contributed by atoms with Crippen LogP contribution in [0.15, 0.2) is 12.3 Å². The first-order valence-corrected chi connectivity index (χ1v) is 9.36. The van der Waals surface area contributed by atoms with E-state index in [-0.39, 0.29) is 23.5 Å². The average molecular weight is 342 g/mol. The number of Topliss-reactive ketones (excluding diaryl/α,β-unsaturated/α-hetero) is 1. The van der Waals surface area contributed by atoms with E-state index in [0.29, 0.717) is 25.2 Å². The van der Waals surface area contributed by atoms with Gasteiger partial charge in [-0.15, -0.1) is 0 Å². The Kier molecular flexibility index (Phi) is 5.85. The average Bonchev–Trinajstić information content (AvgIpc) is 3.28. The van der Waals surface area contributed by atoms with Crippen LogP contribution < -0.4 is 5.32 Å². The summed E-state index contributed by atoms with van der Waals surface area (Å²) in [7, 11) is 0. The van der Waals surface area contributed by atoms with Crippen LogP contribution in [-0.2, 0) is 16.0 Å². The largest absolute Gasteiger partial charge is 0.340 e. The lowest BCUT2D eigenvalue weighted by molar-refractivity contribution is -0.127. The van der Waals surface area contributed by atoms with E-state index in [9.17, 15) is 14.9 Å². The summed E-state index contributed by atoms with van der Waals surface area (Å²) in [5.74, 6) is 0.572. The van der Waals surface area contributed by atoms with E-state index in [1.165, 1.54) is 12.8 Å². The van der Waals surface area contributed by atoms with Crippen molar-refractivity contribution in [3.05, 3.63) is 18.0 Å². The number of aromatic nitrogens is 2. The Hall–Kier alpha value is -2.16. The van der Waals surface area contributed by atoms with Crippen molar-refractivity contribution in [3.8, 4) is 6.07 Å². The molecule has 0 saturated heterocycles. The Morgan fingerprint density at radius 1 is 1.36 bits per heavy atom. The number of H-pyrrole nitrogens is 1. The van der Waals surface area contributed by atoms with Crippen LogP contribution in [0, 0.1) is 29.1 Å². The number of nitrogens with one attached hydrogen (secondary N) is 2. The van der Waals surface area contributed by atoms with E-state index in [0.717, 1.165) is 31.4 Å². The maximum absolute atomic E-state index is 12.7. The summed E-state index contributed by atoms with van der Waals surface area (Å²) in [6.07, 6.45) is 9.41. The normalized spacial score (nSPS) is 22.8.